The fourth-order valence-corrected chi connectivity index (χ4v) is 0.941. The predicted octanol–water partition coefficient (Wildman–Crippen LogP) is 0.366. The highest BCUT2D eigenvalue weighted by molar-refractivity contribution is 5.30. The fraction of sp³-hybridized carbons (Fsp3) is 0.143. The van der Waals surface area contributed by atoms with Crippen LogP contribution in [0.25, 0.3) is 5.69 Å². The summed E-state index contributed by atoms with van der Waals surface area (Å²) in [6, 6.07) is 0. The van der Waals surface area contributed by atoms with Crippen molar-refractivity contribution >= 4 is 0 Å². The average molecular weight is 161 g/mol. The van der Waals surface area contributed by atoms with Gasteiger partial charge in [0.2, 0.25) is 0 Å². The van der Waals surface area contributed by atoms with Gasteiger partial charge in [0.05, 0.1) is 11.9 Å². The lowest BCUT2D eigenvalue weighted by Crippen LogP contribution is -1.99. The van der Waals surface area contributed by atoms with E-state index in [2.05, 4.69) is 20.1 Å². The Hall–Kier alpha value is -1.78. The van der Waals surface area contributed by atoms with E-state index in [-0.39, 0.29) is 0 Å². The zero-order valence-electron chi connectivity index (χ0n) is 6.55. The molecule has 0 spiro atoms. The summed E-state index contributed by atoms with van der Waals surface area (Å²) in [5.41, 5.74) is 1.74. The first-order valence-corrected chi connectivity index (χ1v) is 3.49. The van der Waals surface area contributed by atoms with Gasteiger partial charge in [0, 0.05) is 0 Å². The standard InChI is InChI=1S/C7H7N5/c1-6-7(2-8-3-10-6)12-5-9-4-11-12/h2-5H,1H3. The summed E-state index contributed by atoms with van der Waals surface area (Å²) in [6.07, 6.45) is 6.31. The monoisotopic (exact) mass is 161 g/mol. The lowest BCUT2D eigenvalue weighted by atomic mass is 10.4. The van der Waals surface area contributed by atoms with Crippen molar-refractivity contribution in [1.29, 1.82) is 0 Å². The van der Waals surface area contributed by atoms with E-state index in [0.29, 0.717) is 0 Å². The van der Waals surface area contributed by atoms with Crippen LogP contribution in [-0.2, 0) is 0 Å². The molecule has 0 aliphatic carbocycles. The van der Waals surface area contributed by atoms with Crippen LogP contribution in [0.15, 0.2) is 25.2 Å². The van der Waals surface area contributed by atoms with Crippen LogP contribution < -0.4 is 0 Å². The number of aromatic nitrogens is 5. The molecular formula is C7H7N5. The van der Waals surface area contributed by atoms with Gasteiger partial charge in [-0.15, -0.1) is 0 Å². The second-order valence-electron chi connectivity index (χ2n) is 2.33. The molecule has 0 aliphatic rings. The highest BCUT2D eigenvalue weighted by atomic mass is 15.3. The molecule has 0 aromatic carbocycles. The van der Waals surface area contributed by atoms with Crippen molar-refractivity contribution < 1.29 is 0 Å². The average Bonchev–Trinajstić information content (AvgIpc) is 2.57. The van der Waals surface area contributed by atoms with Gasteiger partial charge in [-0.05, 0) is 6.92 Å². The number of hydrogen-bond acceptors (Lipinski definition) is 4. The highest BCUT2D eigenvalue weighted by Gasteiger charge is 2.00. The molecule has 12 heavy (non-hydrogen) atoms. The summed E-state index contributed by atoms with van der Waals surface area (Å²) in [6.45, 7) is 1.90. The minimum atomic E-state index is 0.856. The van der Waals surface area contributed by atoms with Crippen molar-refractivity contribution in [3.8, 4) is 5.69 Å². The summed E-state index contributed by atoms with van der Waals surface area (Å²) < 4.78 is 1.63. The largest absolute Gasteiger partial charge is 0.243 e. The minimum Gasteiger partial charge on any atom is -0.243 e. The van der Waals surface area contributed by atoms with Crippen LogP contribution in [0.4, 0.5) is 0 Å². The quantitative estimate of drug-likeness (QED) is 0.606. The van der Waals surface area contributed by atoms with Gasteiger partial charge >= 0.3 is 0 Å². The Balaban J connectivity index is 2.55. The molecule has 0 saturated heterocycles. The first kappa shape index (κ1) is 6.90. The molecule has 2 heterocycles. The van der Waals surface area contributed by atoms with Gasteiger partial charge in [0.1, 0.15) is 24.7 Å². The van der Waals surface area contributed by atoms with E-state index in [0.717, 1.165) is 11.4 Å². The van der Waals surface area contributed by atoms with Gasteiger partial charge in [-0.1, -0.05) is 0 Å². The summed E-state index contributed by atoms with van der Waals surface area (Å²) in [5, 5.41) is 3.97. The van der Waals surface area contributed by atoms with Crippen LogP contribution in [0, 0.1) is 6.92 Å². The van der Waals surface area contributed by atoms with E-state index >= 15 is 0 Å². The van der Waals surface area contributed by atoms with Gasteiger partial charge in [0.15, 0.2) is 0 Å². The molecule has 0 radical (unpaired) electrons. The molecule has 0 bridgehead atoms. The second kappa shape index (κ2) is 2.69. The van der Waals surface area contributed by atoms with Crippen molar-refractivity contribution in [3.05, 3.63) is 30.9 Å². The molecule has 5 nitrogen and oxygen atoms in total. The van der Waals surface area contributed by atoms with Crippen LogP contribution in [-0.4, -0.2) is 24.7 Å². The Labute approximate surface area is 69.1 Å². The number of rotatable bonds is 1. The molecule has 0 saturated carbocycles. The molecule has 2 rings (SSSR count). The van der Waals surface area contributed by atoms with Gasteiger partial charge < -0.3 is 0 Å². The van der Waals surface area contributed by atoms with Gasteiger partial charge in [0.25, 0.3) is 0 Å². The van der Waals surface area contributed by atoms with Crippen molar-refractivity contribution in [1.82, 2.24) is 24.7 Å². The first-order chi connectivity index (χ1) is 5.88. The highest BCUT2D eigenvalue weighted by Crippen LogP contribution is 2.05. The molecule has 0 N–H and O–H groups in total. The third kappa shape index (κ3) is 1.05. The lowest BCUT2D eigenvalue weighted by molar-refractivity contribution is 0.848. The van der Waals surface area contributed by atoms with Crippen molar-refractivity contribution in [2.24, 2.45) is 0 Å². The van der Waals surface area contributed by atoms with Crippen LogP contribution in [0.5, 0.6) is 0 Å². The van der Waals surface area contributed by atoms with Gasteiger partial charge in [-0.2, -0.15) is 5.10 Å². The Morgan fingerprint density at radius 1 is 1.25 bits per heavy atom. The molecule has 5 heteroatoms. The van der Waals surface area contributed by atoms with E-state index < -0.39 is 0 Å². The third-order valence-corrected chi connectivity index (χ3v) is 1.55. The Morgan fingerprint density at radius 3 is 2.83 bits per heavy atom. The molecular weight excluding hydrogens is 154 g/mol. The summed E-state index contributed by atoms with van der Waals surface area (Å²) >= 11 is 0. The summed E-state index contributed by atoms with van der Waals surface area (Å²) in [7, 11) is 0. The molecule has 60 valence electrons. The fourth-order valence-electron chi connectivity index (χ4n) is 0.941. The Morgan fingerprint density at radius 2 is 2.17 bits per heavy atom. The predicted molar refractivity (Wildman–Crippen MR) is 41.7 cm³/mol. The smallest absolute Gasteiger partial charge is 0.138 e. The van der Waals surface area contributed by atoms with Gasteiger partial charge in [-0.3, -0.25) is 0 Å². The topological polar surface area (TPSA) is 56.5 Å². The van der Waals surface area contributed by atoms with Crippen LogP contribution in [0.2, 0.25) is 0 Å². The number of nitrogens with zero attached hydrogens (tertiary/aromatic N) is 5. The maximum absolute atomic E-state index is 4.04. The number of hydrogen-bond donors (Lipinski definition) is 0. The van der Waals surface area contributed by atoms with Crippen LogP contribution >= 0.6 is 0 Å². The van der Waals surface area contributed by atoms with E-state index in [9.17, 15) is 0 Å². The second-order valence-corrected chi connectivity index (χ2v) is 2.33. The Bertz CT molecular complexity index is 367. The third-order valence-electron chi connectivity index (χ3n) is 1.55. The molecule has 2 aromatic heterocycles. The van der Waals surface area contributed by atoms with Crippen molar-refractivity contribution in [2.75, 3.05) is 0 Å². The van der Waals surface area contributed by atoms with Gasteiger partial charge in [-0.25, -0.2) is 19.6 Å². The summed E-state index contributed by atoms with van der Waals surface area (Å²) in [4.78, 5) is 11.8. The molecule has 2 aromatic rings. The molecule has 0 amide bonds. The zero-order valence-corrected chi connectivity index (χ0v) is 6.55. The lowest BCUT2D eigenvalue weighted by Gasteiger charge is -2.00. The number of aryl methyl sites for hydroxylation is 1. The Kier molecular flexibility index (Phi) is 1.55. The zero-order chi connectivity index (χ0) is 8.39. The van der Waals surface area contributed by atoms with Crippen molar-refractivity contribution in [3.63, 3.8) is 0 Å². The summed E-state index contributed by atoms with van der Waals surface area (Å²) in [5.74, 6) is 0. The van der Waals surface area contributed by atoms with Crippen LogP contribution in [0.1, 0.15) is 5.69 Å². The molecule has 0 unspecified atom stereocenters. The van der Waals surface area contributed by atoms with Crippen LogP contribution in [0.3, 0.4) is 0 Å². The maximum atomic E-state index is 4.04. The van der Waals surface area contributed by atoms with Crippen molar-refractivity contribution in [2.45, 2.75) is 6.92 Å². The molecule has 0 atom stereocenters. The first-order valence-electron chi connectivity index (χ1n) is 3.49. The molecule has 0 fully saturated rings. The molecule has 0 aliphatic heterocycles. The van der Waals surface area contributed by atoms with E-state index in [1.54, 1.807) is 17.2 Å². The van der Waals surface area contributed by atoms with E-state index in [4.69, 9.17) is 0 Å². The minimum absolute atomic E-state index is 0.856. The van der Waals surface area contributed by atoms with E-state index in [1.807, 2.05) is 6.92 Å². The van der Waals surface area contributed by atoms with E-state index in [1.165, 1.54) is 12.7 Å². The maximum Gasteiger partial charge on any atom is 0.138 e. The normalized spacial score (nSPS) is 10.1. The SMILES string of the molecule is Cc1ncncc1-n1cncn1.